The third-order valence-corrected chi connectivity index (χ3v) is 12.6. The van der Waals surface area contributed by atoms with Gasteiger partial charge in [0.2, 0.25) is 11.8 Å². The lowest BCUT2D eigenvalue weighted by Gasteiger charge is -2.43. The van der Waals surface area contributed by atoms with Gasteiger partial charge in [0.05, 0.1) is 30.1 Å². The van der Waals surface area contributed by atoms with Crippen LogP contribution in [0.25, 0.3) is 0 Å². The lowest BCUT2D eigenvalue weighted by atomic mass is 9.68. The molecule has 1 aromatic heterocycles. The Balaban J connectivity index is 1.23. The number of imide groups is 1. The van der Waals surface area contributed by atoms with Crippen molar-refractivity contribution >= 4 is 46.8 Å². The molecule has 13 heteroatoms. The molecule has 7 rings (SSSR count). The molecule has 234 valence electrons. The molecule has 3 amide bonds. The molecule has 0 radical (unpaired) electrons. The monoisotopic (exact) mass is 641 g/mol. The number of aromatic nitrogens is 1. The number of rotatable bonds is 8. The molecule has 4 heterocycles. The number of thioether (sulfide) groups is 1. The number of amides is 3. The zero-order valence-electron chi connectivity index (χ0n) is 24.5. The first-order valence-corrected chi connectivity index (χ1v) is 16.9. The molecule has 2 aromatic rings. The fourth-order valence-corrected chi connectivity index (χ4v) is 11.3. The van der Waals surface area contributed by atoms with Crippen LogP contribution < -0.4 is 9.61 Å². The third kappa shape index (κ3) is 4.69. The van der Waals surface area contributed by atoms with Crippen LogP contribution in [0.3, 0.4) is 0 Å². The Morgan fingerprint density at radius 1 is 1.09 bits per heavy atom. The Kier molecular flexibility index (Phi) is 7.61. The number of carbonyl (C=O) groups excluding carboxylic acids is 3. The molecule has 7 unspecified atom stereocenters. The summed E-state index contributed by atoms with van der Waals surface area (Å²) in [6.45, 7) is 5.66. The van der Waals surface area contributed by atoms with Gasteiger partial charge in [0.15, 0.2) is 6.61 Å². The number of H-pyrrole nitrogens is 1. The van der Waals surface area contributed by atoms with Gasteiger partial charge in [0.1, 0.15) is 11.8 Å². The van der Waals surface area contributed by atoms with Crippen LogP contribution in [0, 0.1) is 35.5 Å². The van der Waals surface area contributed by atoms with Crippen LogP contribution in [-0.4, -0.2) is 87.8 Å². The van der Waals surface area contributed by atoms with Gasteiger partial charge in [-0.05, 0) is 42.6 Å². The predicted octanol–water partition coefficient (Wildman–Crippen LogP) is 2.65. The summed E-state index contributed by atoms with van der Waals surface area (Å²) in [5, 5.41) is 10.7. The molecule has 8 atom stereocenters. The number of thiazole rings is 1. The van der Waals surface area contributed by atoms with Crippen molar-refractivity contribution in [1.29, 1.82) is 0 Å². The Bertz CT molecular complexity index is 1560. The minimum Gasteiger partial charge on any atom is -0.483 e. The van der Waals surface area contributed by atoms with Crippen LogP contribution in [-0.2, 0) is 23.9 Å². The Morgan fingerprint density at radius 2 is 1.80 bits per heavy atom. The minimum atomic E-state index is -1.18. The smallest absolute Gasteiger partial charge is 0.326 e. The van der Waals surface area contributed by atoms with E-state index < -0.39 is 23.8 Å². The Morgan fingerprint density at radius 3 is 2.50 bits per heavy atom. The quantitative estimate of drug-likeness (QED) is 0.416. The average Bonchev–Trinajstić information content (AvgIpc) is 3.74. The van der Waals surface area contributed by atoms with Crippen molar-refractivity contribution in [3.8, 4) is 5.75 Å². The third-order valence-electron chi connectivity index (χ3n) is 10.0. The van der Waals surface area contributed by atoms with E-state index in [-0.39, 0.29) is 70.5 Å². The maximum absolute atomic E-state index is 14.0. The van der Waals surface area contributed by atoms with Crippen LogP contribution >= 0.6 is 23.1 Å². The number of carboxylic acid groups (broad SMARTS) is 1. The largest absolute Gasteiger partial charge is 0.483 e. The SMILES string of the molecule is CC(C)CC(C(=O)O)N1C(=O)C2C3CC(C2C1=O)C1C3Sc2[nH]c(=O)sc2[C@@H]1c1ccccc1OCC(=O)N1CCOCC1. The molecule has 2 saturated carbocycles. The lowest BCUT2D eigenvalue weighted by Crippen LogP contribution is -2.47. The number of carbonyl (C=O) groups is 4. The minimum absolute atomic E-state index is 0.00387. The first kappa shape index (κ1) is 29.5. The second kappa shape index (κ2) is 11.3. The Labute approximate surface area is 262 Å². The van der Waals surface area contributed by atoms with E-state index in [4.69, 9.17) is 9.47 Å². The number of fused-ring (bicyclic) bond motifs is 9. The van der Waals surface area contributed by atoms with E-state index >= 15 is 0 Å². The molecule has 2 aliphatic carbocycles. The fourth-order valence-electron chi connectivity index (χ4n) is 8.37. The maximum Gasteiger partial charge on any atom is 0.326 e. The summed E-state index contributed by atoms with van der Waals surface area (Å²) in [5.74, 6) is -3.26. The van der Waals surface area contributed by atoms with Gasteiger partial charge < -0.3 is 24.5 Å². The number of para-hydroxylation sites is 1. The van der Waals surface area contributed by atoms with Crippen molar-refractivity contribution < 1.29 is 33.8 Å². The summed E-state index contributed by atoms with van der Waals surface area (Å²) in [5.41, 5.74) is 0.843. The molecule has 2 saturated heterocycles. The van der Waals surface area contributed by atoms with Gasteiger partial charge in [0, 0.05) is 34.7 Å². The van der Waals surface area contributed by atoms with Crippen molar-refractivity contribution in [2.45, 2.75) is 48.9 Å². The molecule has 5 aliphatic rings. The van der Waals surface area contributed by atoms with Crippen molar-refractivity contribution in [3.63, 3.8) is 0 Å². The normalized spacial score (nSPS) is 31.2. The number of aliphatic carboxylic acids is 1. The van der Waals surface area contributed by atoms with Gasteiger partial charge in [-0.2, -0.15) is 0 Å². The number of benzene rings is 1. The highest BCUT2D eigenvalue weighted by atomic mass is 32.2. The first-order valence-electron chi connectivity index (χ1n) is 15.2. The topological polar surface area (TPSA) is 146 Å². The van der Waals surface area contributed by atoms with E-state index in [9.17, 15) is 29.1 Å². The summed E-state index contributed by atoms with van der Waals surface area (Å²) in [6.07, 6.45) is 0.900. The zero-order chi connectivity index (χ0) is 30.9. The van der Waals surface area contributed by atoms with Gasteiger partial charge in [0.25, 0.3) is 5.91 Å². The van der Waals surface area contributed by atoms with Crippen molar-refractivity contribution in [2.75, 3.05) is 32.9 Å². The van der Waals surface area contributed by atoms with Crippen LogP contribution in [0.1, 0.15) is 43.0 Å². The van der Waals surface area contributed by atoms with E-state index in [1.807, 2.05) is 38.1 Å². The first-order chi connectivity index (χ1) is 21.2. The molecular formula is C31H35N3O8S2. The number of carboxylic acids is 1. The molecule has 3 aliphatic heterocycles. The summed E-state index contributed by atoms with van der Waals surface area (Å²) < 4.78 is 11.5. The van der Waals surface area contributed by atoms with Crippen LogP contribution in [0.5, 0.6) is 5.75 Å². The fraction of sp³-hybridized carbons (Fsp3) is 0.581. The number of likely N-dealkylation sites (tertiary alicyclic amines) is 1. The van der Waals surface area contributed by atoms with Crippen LogP contribution in [0.2, 0.25) is 0 Å². The molecule has 44 heavy (non-hydrogen) atoms. The number of ether oxygens (including phenoxy) is 2. The zero-order valence-corrected chi connectivity index (χ0v) is 26.1. The van der Waals surface area contributed by atoms with Gasteiger partial charge in [-0.1, -0.05) is 43.4 Å². The molecule has 1 aromatic carbocycles. The summed E-state index contributed by atoms with van der Waals surface area (Å²) in [6, 6.07) is 6.37. The number of hydrogen-bond donors (Lipinski definition) is 2. The molecule has 2 N–H and O–H groups in total. The number of nitrogens with zero attached hydrogens (tertiary/aromatic N) is 2. The van der Waals surface area contributed by atoms with Crippen molar-refractivity contribution in [1.82, 2.24) is 14.8 Å². The maximum atomic E-state index is 14.0. The average molecular weight is 642 g/mol. The van der Waals surface area contributed by atoms with Crippen molar-refractivity contribution in [2.24, 2.45) is 35.5 Å². The van der Waals surface area contributed by atoms with Gasteiger partial charge >= 0.3 is 10.8 Å². The van der Waals surface area contributed by atoms with Crippen molar-refractivity contribution in [3.05, 3.63) is 44.4 Å². The molecule has 11 nitrogen and oxygen atoms in total. The van der Waals surface area contributed by atoms with Crippen LogP contribution in [0.15, 0.2) is 34.1 Å². The van der Waals surface area contributed by atoms with E-state index in [0.29, 0.717) is 38.5 Å². The highest BCUT2D eigenvalue weighted by molar-refractivity contribution is 8.00. The highest BCUT2D eigenvalue weighted by Crippen LogP contribution is 2.69. The van der Waals surface area contributed by atoms with Crippen LogP contribution in [0.4, 0.5) is 0 Å². The molecular weight excluding hydrogens is 606 g/mol. The van der Waals surface area contributed by atoms with E-state index in [2.05, 4.69) is 4.98 Å². The highest BCUT2D eigenvalue weighted by Gasteiger charge is 2.70. The standard InChI is InChI=1S/C31H35N3O8S2/c1-14(2)11-18(30(38)39)34-28(36)23-16-12-17(24(23)29(34)37)25-22(16)21(26-27(43-25)32-31(40)44-26)15-5-3-4-6-19(15)42-13-20(35)33-7-9-41-10-8-33/h3-6,14,16-18,21-25H,7-13H2,1-2H3,(H,32,40)(H,38,39)/t16?,17?,18?,21-,22?,23?,24?,25?/m1/s1. The van der Waals surface area contributed by atoms with Gasteiger partial charge in [-0.15, -0.1) is 11.8 Å². The number of aromatic amines is 1. The molecule has 4 fully saturated rings. The lowest BCUT2D eigenvalue weighted by molar-refractivity contribution is -0.156. The van der Waals surface area contributed by atoms with E-state index in [0.717, 1.165) is 31.7 Å². The number of nitrogens with one attached hydrogen (secondary N) is 1. The van der Waals surface area contributed by atoms with Gasteiger partial charge in [-0.25, -0.2) is 4.79 Å². The Hall–Kier alpha value is -3.16. The summed E-state index contributed by atoms with van der Waals surface area (Å²) in [4.78, 5) is 72.2. The van der Waals surface area contributed by atoms with Gasteiger partial charge in [-0.3, -0.25) is 24.1 Å². The second-order valence-corrected chi connectivity index (χ2v) is 15.0. The number of morpholine rings is 1. The molecule has 0 spiro atoms. The molecule has 2 bridgehead atoms. The number of hydrogen-bond acceptors (Lipinski definition) is 9. The summed E-state index contributed by atoms with van der Waals surface area (Å²) >= 11 is 2.73. The predicted molar refractivity (Wildman–Crippen MR) is 161 cm³/mol. The van der Waals surface area contributed by atoms with E-state index in [1.165, 1.54) is 0 Å². The second-order valence-electron chi connectivity index (χ2n) is 12.8. The summed E-state index contributed by atoms with van der Waals surface area (Å²) in [7, 11) is 0. The van der Waals surface area contributed by atoms with E-state index in [1.54, 1.807) is 16.7 Å².